The summed E-state index contributed by atoms with van der Waals surface area (Å²) in [6.07, 6.45) is 1.41. The number of nitrogens with zero attached hydrogens (tertiary/aromatic N) is 5. The van der Waals surface area contributed by atoms with Crippen LogP contribution >= 0.6 is 11.8 Å². The number of aromatic amines is 1. The SMILES string of the molecule is CC(=O)NCn1cc(-c2ccc(N3CCN(C(=O)CSc4n[nH]c(=O)n4C)CC3)c(F)c2)c(=O)o1. The number of benzene rings is 1. The number of hydrogen-bond donors (Lipinski definition) is 2. The van der Waals surface area contributed by atoms with E-state index in [1.54, 1.807) is 24.1 Å². The van der Waals surface area contributed by atoms with Gasteiger partial charge >= 0.3 is 11.3 Å². The number of carbonyl (C=O) groups excluding carboxylic acids is 2. The monoisotopic (exact) mass is 505 g/mol. The van der Waals surface area contributed by atoms with E-state index in [4.69, 9.17) is 4.52 Å². The van der Waals surface area contributed by atoms with Crippen molar-refractivity contribution in [2.75, 3.05) is 36.8 Å². The Hall–Kier alpha value is -3.81. The fraction of sp³-hybridized carbons (Fsp3) is 0.381. The van der Waals surface area contributed by atoms with Gasteiger partial charge in [0, 0.05) is 40.2 Å². The largest absolute Gasteiger partial charge is 0.366 e. The van der Waals surface area contributed by atoms with Crippen LogP contribution < -0.4 is 21.5 Å². The van der Waals surface area contributed by atoms with Crippen LogP contribution in [0.1, 0.15) is 6.92 Å². The molecule has 3 heterocycles. The van der Waals surface area contributed by atoms with E-state index in [1.165, 1.54) is 40.3 Å². The summed E-state index contributed by atoms with van der Waals surface area (Å²) >= 11 is 1.18. The molecule has 1 saturated heterocycles. The highest BCUT2D eigenvalue weighted by Gasteiger charge is 2.24. The van der Waals surface area contributed by atoms with Gasteiger partial charge in [0.05, 0.1) is 23.2 Å². The Morgan fingerprint density at radius 3 is 2.60 bits per heavy atom. The summed E-state index contributed by atoms with van der Waals surface area (Å²) < 4.78 is 22.5. The minimum absolute atomic E-state index is 0.00747. The molecule has 0 unspecified atom stereocenters. The number of H-pyrrole nitrogens is 1. The Labute approximate surface area is 202 Å². The maximum atomic E-state index is 15.0. The number of piperazine rings is 1. The molecule has 1 aliphatic rings. The van der Waals surface area contributed by atoms with Crippen molar-refractivity contribution in [1.29, 1.82) is 0 Å². The molecular formula is C21H24FN7O5S. The highest BCUT2D eigenvalue weighted by atomic mass is 32.2. The molecule has 0 spiro atoms. The molecule has 1 fully saturated rings. The van der Waals surface area contributed by atoms with E-state index in [2.05, 4.69) is 15.5 Å². The zero-order chi connectivity index (χ0) is 25.1. The second-order valence-corrected chi connectivity index (χ2v) is 8.87. The van der Waals surface area contributed by atoms with Gasteiger partial charge in [-0.05, 0) is 17.7 Å². The van der Waals surface area contributed by atoms with Crippen molar-refractivity contribution in [3.63, 3.8) is 0 Å². The van der Waals surface area contributed by atoms with Gasteiger partial charge in [0.15, 0.2) is 5.16 Å². The van der Waals surface area contributed by atoms with Crippen LogP contribution in [0.25, 0.3) is 11.1 Å². The number of rotatable bonds is 7. The zero-order valence-electron chi connectivity index (χ0n) is 19.1. The molecule has 3 aromatic rings. The van der Waals surface area contributed by atoms with Gasteiger partial charge in [-0.2, -0.15) is 4.74 Å². The Morgan fingerprint density at radius 2 is 1.97 bits per heavy atom. The fourth-order valence-corrected chi connectivity index (χ4v) is 4.47. The summed E-state index contributed by atoms with van der Waals surface area (Å²) in [5, 5.41) is 9.14. The molecule has 4 rings (SSSR count). The second-order valence-electron chi connectivity index (χ2n) is 7.92. The van der Waals surface area contributed by atoms with E-state index < -0.39 is 11.4 Å². The summed E-state index contributed by atoms with van der Waals surface area (Å²) in [6, 6.07) is 4.50. The van der Waals surface area contributed by atoms with Crippen LogP contribution in [0.5, 0.6) is 0 Å². The van der Waals surface area contributed by atoms with Crippen molar-refractivity contribution < 1.29 is 18.5 Å². The van der Waals surface area contributed by atoms with E-state index >= 15 is 0 Å². The Morgan fingerprint density at radius 1 is 1.23 bits per heavy atom. The van der Waals surface area contributed by atoms with Crippen LogP contribution in [-0.2, 0) is 23.3 Å². The number of anilines is 1. The van der Waals surface area contributed by atoms with Crippen molar-refractivity contribution in [1.82, 2.24) is 29.7 Å². The van der Waals surface area contributed by atoms with Gasteiger partial charge in [-0.25, -0.2) is 19.1 Å². The van der Waals surface area contributed by atoms with Crippen LogP contribution in [0.3, 0.4) is 0 Å². The molecule has 0 saturated carbocycles. The summed E-state index contributed by atoms with van der Waals surface area (Å²) in [5.41, 5.74) is -0.0560. The normalized spacial score (nSPS) is 13.8. The smallest absolute Gasteiger partial charge is 0.365 e. The maximum Gasteiger partial charge on any atom is 0.365 e. The molecule has 0 bridgehead atoms. The molecule has 0 radical (unpaired) electrons. The van der Waals surface area contributed by atoms with E-state index in [0.29, 0.717) is 42.6 Å². The van der Waals surface area contributed by atoms with Gasteiger partial charge in [-0.1, -0.05) is 17.8 Å². The van der Waals surface area contributed by atoms with E-state index in [-0.39, 0.29) is 35.5 Å². The van der Waals surface area contributed by atoms with Crippen LogP contribution in [0.15, 0.2) is 43.7 Å². The maximum absolute atomic E-state index is 15.0. The predicted octanol–water partition coefficient (Wildman–Crippen LogP) is 0.204. The van der Waals surface area contributed by atoms with Crippen LogP contribution in [0, 0.1) is 5.82 Å². The van der Waals surface area contributed by atoms with Crippen LogP contribution in [-0.4, -0.2) is 68.2 Å². The van der Waals surface area contributed by atoms with Gasteiger partial charge in [0.2, 0.25) is 11.8 Å². The highest BCUT2D eigenvalue weighted by Crippen LogP contribution is 2.26. The van der Waals surface area contributed by atoms with Gasteiger partial charge in [-0.3, -0.25) is 14.2 Å². The van der Waals surface area contributed by atoms with Crippen molar-refractivity contribution >= 4 is 29.3 Å². The van der Waals surface area contributed by atoms with Crippen molar-refractivity contribution in [2.24, 2.45) is 7.05 Å². The molecule has 14 heteroatoms. The highest BCUT2D eigenvalue weighted by molar-refractivity contribution is 7.99. The minimum atomic E-state index is -0.637. The fourth-order valence-electron chi connectivity index (χ4n) is 3.65. The molecule has 186 valence electrons. The first kappa shape index (κ1) is 24.3. The number of amides is 2. The van der Waals surface area contributed by atoms with Gasteiger partial charge < -0.3 is 19.6 Å². The van der Waals surface area contributed by atoms with Crippen molar-refractivity contribution in [3.05, 3.63) is 51.1 Å². The molecule has 35 heavy (non-hydrogen) atoms. The standard InChI is InChI=1S/C21H24FN7O5S/c1-13(30)23-12-29-10-15(19(32)34-29)14-3-4-17(16(22)9-14)27-5-7-28(8-6-27)18(31)11-35-21-25-24-20(33)26(21)2/h3-4,9-10H,5-8,11-12H2,1-2H3,(H,23,30)(H,24,33). The zero-order valence-corrected chi connectivity index (χ0v) is 19.9. The van der Waals surface area contributed by atoms with Gasteiger partial charge in [0.1, 0.15) is 12.5 Å². The quantitative estimate of drug-likeness (QED) is 0.435. The number of thioether (sulfide) groups is 1. The lowest BCUT2D eigenvalue weighted by Gasteiger charge is -2.36. The Bertz CT molecular complexity index is 1350. The molecule has 0 aliphatic carbocycles. The number of hydrogen-bond acceptors (Lipinski definition) is 8. The average Bonchev–Trinajstić information content (AvgIpc) is 3.37. The molecular weight excluding hydrogens is 481 g/mol. The first-order valence-corrected chi connectivity index (χ1v) is 11.7. The first-order valence-electron chi connectivity index (χ1n) is 10.7. The van der Waals surface area contributed by atoms with E-state index in [9.17, 15) is 23.6 Å². The molecule has 2 N–H and O–H groups in total. The topological polar surface area (TPSA) is 138 Å². The molecule has 0 atom stereocenters. The lowest BCUT2D eigenvalue weighted by Crippen LogP contribution is -2.49. The van der Waals surface area contributed by atoms with E-state index in [0.717, 1.165) is 0 Å². The predicted molar refractivity (Wildman–Crippen MR) is 126 cm³/mol. The van der Waals surface area contributed by atoms with Crippen LogP contribution in [0.4, 0.5) is 10.1 Å². The Kier molecular flexibility index (Phi) is 7.10. The lowest BCUT2D eigenvalue weighted by atomic mass is 10.1. The molecule has 2 amide bonds. The molecule has 12 nitrogen and oxygen atoms in total. The van der Waals surface area contributed by atoms with Gasteiger partial charge in [-0.15, -0.1) is 5.10 Å². The molecule has 1 aromatic carbocycles. The Balaban J connectivity index is 1.36. The number of nitrogens with one attached hydrogen (secondary N) is 2. The van der Waals surface area contributed by atoms with Crippen LogP contribution in [0.2, 0.25) is 0 Å². The molecule has 1 aliphatic heterocycles. The van der Waals surface area contributed by atoms with Crippen molar-refractivity contribution in [2.45, 2.75) is 18.7 Å². The summed E-state index contributed by atoms with van der Waals surface area (Å²) in [7, 11) is 1.57. The number of carbonyl (C=O) groups is 2. The summed E-state index contributed by atoms with van der Waals surface area (Å²) in [4.78, 5) is 50.7. The summed E-state index contributed by atoms with van der Waals surface area (Å²) in [5.74, 6) is -0.711. The number of aromatic nitrogens is 4. The van der Waals surface area contributed by atoms with E-state index in [1.807, 2.05) is 4.90 Å². The third-order valence-corrected chi connectivity index (χ3v) is 6.59. The van der Waals surface area contributed by atoms with Crippen molar-refractivity contribution in [3.8, 4) is 11.1 Å². The third kappa shape index (κ3) is 5.48. The van der Waals surface area contributed by atoms with Gasteiger partial charge in [0.25, 0.3) is 0 Å². The third-order valence-electron chi connectivity index (χ3n) is 5.57. The number of halogens is 1. The summed E-state index contributed by atoms with van der Waals surface area (Å²) in [6.45, 7) is 3.08. The molecule has 2 aromatic heterocycles. The lowest BCUT2D eigenvalue weighted by molar-refractivity contribution is -0.128. The minimum Gasteiger partial charge on any atom is -0.366 e. The first-order chi connectivity index (χ1) is 16.7. The second kappa shape index (κ2) is 10.2. The average molecular weight is 506 g/mol.